The molecule has 1 aromatic heterocycles. The molecule has 0 amide bonds. The lowest BCUT2D eigenvalue weighted by atomic mass is 10.0. The molecule has 0 unspecified atom stereocenters. The third kappa shape index (κ3) is 3.29. The highest BCUT2D eigenvalue weighted by Gasteiger charge is 2.28. The van der Waals surface area contributed by atoms with Crippen LogP contribution in [0.4, 0.5) is 4.39 Å². The standard InChI is InChI=1S/C16H20FN3O/c1-2-15-18-16(21-19-15)14-5-3-4-10-20(14)11-12-6-8-13(17)9-7-12/h6-9,14H,2-5,10-11H2,1H3/t14-/m0/s1. The quantitative estimate of drug-likeness (QED) is 0.864. The molecule has 0 saturated carbocycles. The first kappa shape index (κ1) is 14.2. The molecule has 1 atom stereocenters. The molecular weight excluding hydrogens is 269 g/mol. The molecule has 21 heavy (non-hydrogen) atoms. The van der Waals surface area contributed by atoms with Gasteiger partial charge in [0.2, 0.25) is 5.89 Å². The zero-order chi connectivity index (χ0) is 14.7. The maximum Gasteiger partial charge on any atom is 0.244 e. The van der Waals surface area contributed by atoms with Crippen molar-refractivity contribution in [3.05, 3.63) is 47.4 Å². The molecule has 0 aliphatic carbocycles. The molecule has 0 N–H and O–H groups in total. The molecule has 1 aliphatic heterocycles. The van der Waals surface area contributed by atoms with E-state index in [2.05, 4.69) is 15.0 Å². The van der Waals surface area contributed by atoms with Crippen LogP contribution < -0.4 is 0 Å². The summed E-state index contributed by atoms with van der Waals surface area (Å²) in [5.41, 5.74) is 1.11. The summed E-state index contributed by atoms with van der Waals surface area (Å²) < 4.78 is 18.4. The highest BCUT2D eigenvalue weighted by Crippen LogP contribution is 2.31. The number of piperidine rings is 1. The molecular formula is C16H20FN3O. The molecule has 5 heteroatoms. The van der Waals surface area contributed by atoms with Gasteiger partial charge in [0, 0.05) is 13.0 Å². The SMILES string of the molecule is CCc1noc([C@@H]2CCCCN2Cc2ccc(F)cc2)n1. The highest BCUT2D eigenvalue weighted by molar-refractivity contribution is 5.16. The van der Waals surface area contributed by atoms with E-state index in [9.17, 15) is 4.39 Å². The smallest absolute Gasteiger partial charge is 0.244 e. The third-order valence-corrected chi connectivity index (χ3v) is 4.00. The van der Waals surface area contributed by atoms with Gasteiger partial charge in [-0.05, 0) is 37.1 Å². The van der Waals surface area contributed by atoms with Crippen LogP contribution in [0.2, 0.25) is 0 Å². The fourth-order valence-corrected chi connectivity index (χ4v) is 2.83. The Bertz CT molecular complexity index is 581. The van der Waals surface area contributed by atoms with Crippen LogP contribution in [-0.2, 0) is 13.0 Å². The second-order valence-corrected chi connectivity index (χ2v) is 5.51. The lowest BCUT2D eigenvalue weighted by molar-refractivity contribution is 0.111. The summed E-state index contributed by atoms with van der Waals surface area (Å²) in [6.45, 7) is 3.81. The van der Waals surface area contributed by atoms with Crippen molar-refractivity contribution >= 4 is 0 Å². The Labute approximate surface area is 124 Å². The second kappa shape index (κ2) is 6.35. The van der Waals surface area contributed by atoms with Gasteiger partial charge in [-0.2, -0.15) is 4.98 Å². The number of hydrogen-bond acceptors (Lipinski definition) is 4. The van der Waals surface area contributed by atoms with E-state index in [-0.39, 0.29) is 11.9 Å². The van der Waals surface area contributed by atoms with Gasteiger partial charge in [-0.3, -0.25) is 4.90 Å². The number of nitrogens with zero attached hydrogens (tertiary/aromatic N) is 3. The average molecular weight is 289 g/mol. The molecule has 4 nitrogen and oxygen atoms in total. The van der Waals surface area contributed by atoms with Crippen LogP contribution in [0.1, 0.15) is 49.5 Å². The van der Waals surface area contributed by atoms with Gasteiger partial charge in [-0.25, -0.2) is 4.39 Å². The summed E-state index contributed by atoms with van der Waals surface area (Å²) in [7, 11) is 0. The van der Waals surface area contributed by atoms with Gasteiger partial charge in [-0.1, -0.05) is 30.6 Å². The van der Waals surface area contributed by atoms with E-state index in [0.717, 1.165) is 37.3 Å². The minimum Gasteiger partial charge on any atom is -0.338 e. The summed E-state index contributed by atoms with van der Waals surface area (Å²) in [5, 5.41) is 4.00. The fraction of sp³-hybridized carbons (Fsp3) is 0.500. The van der Waals surface area contributed by atoms with E-state index in [1.807, 2.05) is 19.1 Å². The zero-order valence-electron chi connectivity index (χ0n) is 12.3. The summed E-state index contributed by atoms with van der Waals surface area (Å²) in [6.07, 6.45) is 4.17. The zero-order valence-corrected chi connectivity index (χ0v) is 12.3. The molecule has 0 radical (unpaired) electrons. The Morgan fingerprint density at radius 2 is 2.10 bits per heavy atom. The summed E-state index contributed by atoms with van der Waals surface area (Å²) >= 11 is 0. The third-order valence-electron chi connectivity index (χ3n) is 4.00. The molecule has 1 fully saturated rings. The lowest BCUT2D eigenvalue weighted by Gasteiger charge is -2.33. The number of halogens is 1. The molecule has 1 aromatic carbocycles. The largest absolute Gasteiger partial charge is 0.338 e. The van der Waals surface area contributed by atoms with E-state index < -0.39 is 0 Å². The number of aryl methyl sites for hydroxylation is 1. The van der Waals surface area contributed by atoms with Crippen molar-refractivity contribution in [3.63, 3.8) is 0 Å². The van der Waals surface area contributed by atoms with E-state index in [4.69, 9.17) is 4.52 Å². The normalized spacial score (nSPS) is 19.8. The average Bonchev–Trinajstić information content (AvgIpc) is 2.99. The maximum absolute atomic E-state index is 13.0. The van der Waals surface area contributed by atoms with Crippen LogP contribution in [0.25, 0.3) is 0 Å². The maximum atomic E-state index is 13.0. The summed E-state index contributed by atoms with van der Waals surface area (Å²) in [6, 6.07) is 6.88. The van der Waals surface area contributed by atoms with Crippen LogP contribution in [0.5, 0.6) is 0 Å². The first-order valence-electron chi connectivity index (χ1n) is 7.57. The first-order valence-corrected chi connectivity index (χ1v) is 7.57. The minimum absolute atomic E-state index is 0.177. The van der Waals surface area contributed by atoms with Crippen molar-refractivity contribution in [2.24, 2.45) is 0 Å². The van der Waals surface area contributed by atoms with Crippen LogP contribution in [0, 0.1) is 5.82 Å². The van der Waals surface area contributed by atoms with Crippen molar-refractivity contribution in [2.75, 3.05) is 6.54 Å². The Balaban J connectivity index is 1.76. The second-order valence-electron chi connectivity index (χ2n) is 5.51. The number of rotatable bonds is 4. The van der Waals surface area contributed by atoms with Crippen LogP contribution in [0.3, 0.4) is 0 Å². The molecule has 0 bridgehead atoms. The molecule has 2 heterocycles. The lowest BCUT2D eigenvalue weighted by Crippen LogP contribution is -2.33. The van der Waals surface area contributed by atoms with E-state index in [0.29, 0.717) is 5.89 Å². The molecule has 3 rings (SSSR count). The number of likely N-dealkylation sites (tertiary alicyclic amines) is 1. The van der Waals surface area contributed by atoms with Gasteiger partial charge in [0.1, 0.15) is 5.82 Å². The topological polar surface area (TPSA) is 42.2 Å². The van der Waals surface area contributed by atoms with Crippen LogP contribution in [-0.4, -0.2) is 21.6 Å². The van der Waals surface area contributed by atoms with Crippen LogP contribution >= 0.6 is 0 Å². The monoisotopic (exact) mass is 289 g/mol. The van der Waals surface area contributed by atoms with E-state index in [1.165, 1.54) is 25.0 Å². The summed E-state index contributed by atoms with van der Waals surface area (Å²) in [4.78, 5) is 6.83. The van der Waals surface area contributed by atoms with E-state index >= 15 is 0 Å². The summed E-state index contributed by atoms with van der Waals surface area (Å²) in [5.74, 6) is 1.28. The number of hydrogen-bond donors (Lipinski definition) is 0. The van der Waals surface area contributed by atoms with Gasteiger partial charge in [0.25, 0.3) is 0 Å². The van der Waals surface area contributed by atoms with Crippen molar-refractivity contribution in [2.45, 2.75) is 45.2 Å². The molecule has 1 aliphatic rings. The van der Waals surface area contributed by atoms with Crippen molar-refractivity contribution in [1.29, 1.82) is 0 Å². The van der Waals surface area contributed by atoms with Gasteiger partial charge in [-0.15, -0.1) is 0 Å². The highest BCUT2D eigenvalue weighted by atomic mass is 19.1. The van der Waals surface area contributed by atoms with Crippen molar-refractivity contribution in [1.82, 2.24) is 15.0 Å². The predicted octanol–water partition coefficient (Wildman–Crippen LogP) is 3.50. The molecule has 2 aromatic rings. The van der Waals surface area contributed by atoms with Gasteiger partial charge >= 0.3 is 0 Å². The van der Waals surface area contributed by atoms with Gasteiger partial charge in [0.05, 0.1) is 6.04 Å². The van der Waals surface area contributed by atoms with Crippen LogP contribution in [0.15, 0.2) is 28.8 Å². The molecule has 112 valence electrons. The fourth-order valence-electron chi connectivity index (χ4n) is 2.83. The Hall–Kier alpha value is -1.75. The molecule has 1 saturated heterocycles. The van der Waals surface area contributed by atoms with Crippen molar-refractivity contribution < 1.29 is 8.91 Å². The van der Waals surface area contributed by atoms with Gasteiger partial charge < -0.3 is 4.52 Å². The Morgan fingerprint density at radius 3 is 2.81 bits per heavy atom. The number of benzene rings is 1. The number of aromatic nitrogens is 2. The molecule has 0 spiro atoms. The van der Waals surface area contributed by atoms with Gasteiger partial charge in [0.15, 0.2) is 5.82 Å². The Kier molecular flexibility index (Phi) is 4.29. The predicted molar refractivity (Wildman–Crippen MR) is 77.1 cm³/mol. The first-order chi connectivity index (χ1) is 10.3. The van der Waals surface area contributed by atoms with Crippen molar-refractivity contribution in [3.8, 4) is 0 Å². The minimum atomic E-state index is -0.196. The van der Waals surface area contributed by atoms with E-state index in [1.54, 1.807) is 0 Å². The Morgan fingerprint density at radius 1 is 1.29 bits per heavy atom.